The Kier molecular flexibility index (Phi) is 7.85. The average molecular weight is 372 g/mol. The van der Waals surface area contributed by atoms with Crippen LogP contribution < -0.4 is 19.7 Å². The Bertz CT molecular complexity index is 735. The van der Waals surface area contributed by atoms with Gasteiger partial charge in [-0.2, -0.15) is 0 Å². The summed E-state index contributed by atoms with van der Waals surface area (Å²) < 4.78 is 10.7. The lowest BCUT2D eigenvalue weighted by molar-refractivity contribution is 0.0942. The normalized spacial score (nSPS) is 10.4. The van der Waals surface area contributed by atoms with Gasteiger partial charge >= 0.3 is 0 Å². The van der Waals surface area contributed by atoms with E-state index in [-0.39, 0.29) is 5.91 Å². The molecule has 0 spiro atoms. The summed E-state index contributed by atoms with van der Waals surface area (Å²) in [6.45, 7) is 5.61. The fraction of sp³-hybridized carbons (Fsp3) is 0.450. The van der Waals surface area contributed by atoms with E-state index in [1.807, 2.05) is 43.1 Å². The molecule has 0 bridgehead atoms. The van der Waals surface area contributed by atoms with Gasteiger partial charge in [-0.25, -0.2) is 9.97 Å². The lowest BCUT2D eigenvalue weighted by Crippen LogP contribution is -2.30. The molecule has 0 fully saturated rings. The number of amides is 1. The number of methoxy groups -OCH3 is 1. The predicted molar refractivity (Wildman–Crippen MR) is 106 cm³/mol. The van der Waals surface area contributed by atoms with Crippen molar-refractivity contribution >= 4 is 11.9 Å². The molecule has 0 saturated heterocycles. The fourth-order valence-electron chi connectivity index (χ4n) is 2.43. The van der Waals surface area contributed by atoms with Crippen LogP contribution in [0.25, 0.3) is 0 Å². The number of ether oxygens (including phenoxy) is 2. The summed E-state index contributed by atoms with van der Waals surface area (Å²) in [5.74, 6) is 1.84. The van der Waals surface area contributed by atoms with Crippen LogP contribution >= 0.6 is 0 Å². The molecule has 0 saturated carbocycles. The summed E-state index contributed by atoms with van der Waals surface area (Å²) >= 11 is 0. The fourth-order valence-corrected chi connectivity index (χ4v) is 2.43. The molecule has 2 aromatic rings. The summed E-state index contributed by atoms with van der Waals surface area (Å²) in [6.07, 6.45) is 2.15. The van der Waals surface area contributed by atoms with Gasteiger partial charge < -0.3 is 19.7 Å². The molecule has 7 nitrogen and oxygen atoms in total. The highest BCUT2D eigenvalue weighted by Crippen LogP contribution is 2.16. The molecular weight excluding hydrogens is 344 g/mol. The molecule has 1 aromatic carbocycles. The second-order valence-corrected chi connectivity index (χ2v) is 6.25. The zero-order chi connectivity index (χ0) is 19.6. The van der Waals surface area contributed by atoms with E-state index in [1.165, 1.54) is 0 Å². The third-order valence-electron chi connectivity index (χ3n) is 3.98. The zero-order valence-electron chi connectivity index (χ0n) is 16.5. The van der Waals surface area contributed by atoms with Crippen LogP contribution in [0.4, 0.5) is 5.95 Å². The van der Waals surface area contributed by atoms with E-state index in [0.717, 1.165) is 36.6 Å². The van der Waals surface area contributed by atoms with E-state index in [4.69, 9.17) is 9.47 Å². The predicted octanol–water partition coefficient (Wildman–Crippen LogP) is 2.84. The number of hydrogen-bond acceptors (Lipinski definition) is 6. The van der Waals surface area contributed by atoms with Gasteiger partial charge in [-0.1, -0.05) is 13.3 Å². The van der Waals surface area contributed by atoms with Crippen LogP contribution in [0.1, 0.15) is 35.9 Å². The molecule has 146 valence electrons. The number of unbranched alkanes of at least 4 members (excludes halogenated alkanes) is 1. The number of aryl methyl sites for hydroxylation is 1. The number of carbonyl (C=O) groups excluding carboxylic acids is 1. The lowest BCUT2D eigenvalue weighted by Gasteiger charge is -2.17. The maximum absolute atomic E-state index is 12.4. The molecule has 0 aliphatic rings. The minimum atomic E-state index is -0.232. The van der Waals surface area contributed by atoms with Crippen LogP contribution in [0.5, 0.6) is 11.5 Å². The lowest BCUT2D eigenvalue weighted by atomic mass is 10.3. The van der Waals surface area contributed by atoms with E-state index in [1.54, 1.807) is 13.2 Å². The molecular formula is C20H28N4O3. The van der Waals surface area contributed by atoms with Gasteiger partial charge in [0.1, 0.15) is 23.8 Å². The van der Waals surface area contributed by atoms with Crippen molar-refractivity contribution in [3.8, 4) is 11.5 Å². The van der Waals surface area contributed by atoms with Gasteiger partial charge in [0, 0.05) is 19.3 Å². The van der Waals surface area contributed by atoms with Gasteiger partial charge in [0.05, 0.1) is 13.7 Å². The van der Waals surface area contributed by atoms with Gasteiger partial charge in [-0.05, 0) is 43.7 Å². The van der Waals surface area contributed by atoms with Gasteiger partial charge in [0.2, 0.25) is 5.95 Å². The topological polar surface area (TPSA) is 76.6 Å². The molecule has 0 radical (unpaired) electrons. The number of hydrogen-bond donors (Lipinski definition) is 1. The molecule has 1 amide bonds. The first-order valence-corrected chi connectivity index (χ1v) is 9.15. The maximum Gasteiger partial charge on any atom is 0.270 e. The summed E-state index contributed by atoms with van der Waals surface area (Å²) in [4.78, 5) is 23.2. The van der Waals surface area contributed by atoms with Gasteiger partial charge in [0.15, 0.2) is 0 Å². The largest absolute Gasteiger partial charge is 0.497 e. The second-order valence-electron chi connectivity index (χ2n) is 6.25. The maximum atomic E-state index is 12.4. The van der Waals surface area contributed by atoms with Crippen molar-refractivity contribution in [3.05, 3.63) is 41.7 Å². The van der Waals surface area contributed by atoms with E-state index in [0.29, 0.717) is 24.8 Å². The highest BCUT2D eigenvalue weighted by atomic mass is 16.5. The number of benzene rings is 1. The van der Waals surface area contributed by atoms with Crippen molar-refractivity contribution in [1.29, 1.82) is 0 Å². The minimum Gasteiger partial charge on any atom is -0.497 e. The molecule has 1 heterocycles. The number of anilines is 1. The zero-order valence-corrected chi connectivity index (χ0v) is 16.5. The molecule has 1 aromatic heterocycles. The Morgan fingerprint density at radius 2 is 1.89 bits per heavy atom. The Morgan fingerprint density at radius 3 is 2.56 bits per heavy atom. The summed E-state index contributed by atoms with van der Waals surface area (Å²) in [5, 5.41) is 2.83. The number of nitrogens with zero attached hydrogens (tertiary/aromatic N) is 3. The van der Waals surface area contributed by atoms with Gasteiger partial charge in [-0.3, -0.25) is 4.79 Å². The Labute approximate surface area is 160 Å². The Balaban J connectivity index is 1.86. The van der Waals surface area contributed by atoms with E-state index in [2.05, 4.69) is 22.2 Å². The molecule has 7 heteroatoms. The van der Waals surface area contributed by atoms with Crippen LogP contribution in [0, 0.1) is 6.92 Å². The first-order chi connectivity index (χ1) is 13.0. The third kappa shape index (κ3) is 6.44. The first kappa shape index (κ1) is 20.5. The number of rotatable bonds is 10. The van der Waals surface area contributed by atoms with E-state index >= 15 is 0 Å². The van der Waals surface area contributed by atoms with Crippen LogP contribution in [-0.4, -0.2) is 49.7 Å². The average Bonchev–Trinajstić information content (AvgIpc) is 2.69. The molecule has 0 atom stereocenters. The second kappa shape index (κ2) is 10.4. The summed E-state index contributed by atoms with van der Waals surface area (Å²) in [6, 6.07) is 9.00. The molecule has 2 rings (SSSR count). The van der Waals surface area contributed by atoms with Gasteiger partial charge in [-0.15, -0.1) is 0 Å². The third-order valence-corrected chi connectivity index (χ3v) is 3.98. The summed E-state index contributed by atoms with van der Waals surface area (Å²) in [5.41, 5.74) is 1.13. The van der Waals surface area contributed by atoms with Crippen molar-refractivity contribution in [2.75, 3.05) is 38.8 Å². The van der Waals surface area contributed by atoms with Crippen molar-refractivity contribution in [2.24, 2.45) is 0 Å². The van der Waals surface area contributed by atoms with Crippen LogP contribution in [0.2, 0.25) is 0 Å². The molecule has 0 aliphatic heterocycles. The molecule has 0 unspecified atom stereocenters. The summed E-state index contributed by atoms with van der Waals surface area (Å²) in [7, 11) is 3.56. The SMILES string of the molecule is CCCCN(C)c1nc(C)cc(C(=O)NCCOc2ccc(OC)cc2)n1. The van der Waals surface area contributed by atoms with Crippen molar-refractivity contribution in [1.82, 2.24) is 15.3 Å². The van der Waals surface area contributed by atoms with Crippen molar-refractivity contribution in [3.63, 3.8) is 0 Å². The highest BCUT2D eigenvalue weighted by Gasteiger charge is 2.12. The standard InChI is InChI=1S/C20H28N4O3/c1-5-6-12-24(3)20-22-15(2)14-18(23-20)19(25)21-11-13-27-17-9-7-16(26-4)8-10-17/h7-10,14H,5-6,11-13H2,1-4H3,(H,21,25). The van der Waals surface area contributed by atoms with Gasteiger partial charge in [0.25, 0.3) is 5.91 Å². The van der Waals surface area contributed by atoms with Crippen LogP contribution in [0.3, 0.4) is 0 Å². The van der Waals surface area contributed by atoms with E-state index < -0.39 is 0 Å². The highest BCUT2D eigenvalue weighted by molar-refractivity contribution is 5.92. The minimum absolute atomic E-state index is 0.232. The number of carbonyl (C=O) groups is 1. The van der Waals surface area contributed by atoms with Crippen LogP contribution in [0.15, 0.2) is 30.3 Å². The number of aromatic nitrogens is 2. The molecule has 1 N–H and O–H groups in total. The van der Waals surface area contributed by atoms with Crippen molar-refractivity contribution < 1.29 is 14.3 Å². The molecule has 0 aliphatic carbocycles. The number of nitrogens with one attached hydrogen (secondary N) is 1. The molecule has 27 heavy (non-hydrogen) atoms. The Hall–Kier alpha value is -2.83. The van der Waals surface area contributed by atoms with Crippen molar-refractivity contribution in [2.45, 2.75) is 26.7 Å². The first-order valence-electron chi connectivity index (χ1n) is 9.15. The monoisotopic (exact) mass is 372 g/mol. The Morgan fingerprint density at radius 1 is 1.19 bits per heavy atom. The van der Waals surface area contributed by atoms with E-state index in [9.17, 15) is 4.79 Å². The van der Waals surface area contributed by atoms with Crippen LogP contribution in [-0.2, 0) is 0 Å². The smallest absolute Gasteiger partial charge is 0.270 e. The quantitative estimate of drug-likeness (QED) is 0.646.